The van der Waals surface area contributed by atoms with Crippen LogP contribution in [0.25, 0.3) is 0 Å². The lowest BCUT2D eigenvalue weighted by Gasteiger charge is -2.13. The Labute approximate surface area is 95.3 Å². The summed E-state index contributed by atoms with van der Waals surface area (Å²) < 4.78 is 0. The van der Waals surface area contributed by atoms with Gasteiger partial charge in [0, 0.05) is 19.0 Å². The predicted molar refractivity (Wildman–Crippen MR) is 59.8 cm³/mol. The van der Waals surface area contributed by atoms with Gasteiger partial charge in [-0.25, -0.2) is 0 Å². The molecule has 90 valence electrons. The third-order valence-corrected chi connectivity index (χ3v) is 3.27. The Kier molecular flexibility index (Phi) is 3.77. The van der Waals surface area contributed by atoms with Gasteiger partial charge in [-0.3, -0.25) is 9.59 Å². The summed E-state index contributed by atoms with van der Waals surface area (Å²) in [4.78, 5) is 22.6. The van der Waals surface area contributed by atoms with Gasteiger partial charge >= 0.3 is 0 Å². The SMILES string of the molecule is O=C1CC[C@@H](C(=O)NCC[C@H]2CCCN2)N1. The van der Waals surface area contributed by atoms with E-state index in [0.717, 1.165) is 13.0 Å². The summed E-state index contributed by atoms with van der Waals surface area (Å²) in [5.41, 5.74) is 0. The standard InChI is InChI=1S/C11H19N3O2/c15-10-4-3-9(14-10)11(16)13-7-5-8-2-1-6-12-8/h8-9,12H,1-7H2,(H,13,16)(H,14,15)/t8-,9+/m1/s1. The molecular formula is C11H19N3O2. The number of hydrogen-bond acceptors (Lipinski definition) is 3. The lowest BCUT2D eigenvalue weighted by molar-refractivity contribution is -0.125. The van der Waals surface area contributed by atoms with E-state index in [1.165, 1.54) is 12.8 Å². The van der Waals surface area contributed by atoms with Crippen LogP contribution in [0, 0.1) is 0 Å². The Morgan fingerprint density at radius 3 is 2.94 bits per heavy atom. The van der Waals surface area contributed by atoms with Crippen molar-refractivity contribution in [1.29, 1.82) is 0 Å². The molecule has 2 rings (SSSR count). The summed E-state index contributed by atoms with van der Waals surface area (Å²) in [7, 11) is 0. The highest BCUT2D eigenvalue weighted by Gasteiger charge is 2.26. The molecule has 0 bridgehead atoms. The molecule has 0 aromatic carbocycles. The zero-order valence-electron chi connectivity index (χ0n) is 9.42. The van der Waals surface area contributed by atoms with Crippen molar-refractivity contribution in [3.05, 3.63) is 0 Å². The van der Waals surface area contributed by atoms with Crippen LogP contribution < -0.4 is 16.0 Å². The zero-order chi connectivity index (χ0) is 11.4. The molecule has 2 saturated heterocycles. The minimum absolute atomic E-state index is 0.0161. The number of nitrogens with one attached hydrogen (secondary N) is 3. The fraction of sp³-hybridized carbons (Fsp3) is 0.818. The Morgan fingerprint density at radius 1 is 1.44 bits per heavy atom. The molecule has 0 saturated carbocycles. The summed E-state index contributed by atoms with van der Waals surface area (Å²) >= 11 is 0. The van der Waals surface area contributed by atoms with Gasteiger partial charge in [0.1, 0.15) is 6.04 Å². The van der Waals surface area contributed by atoms with Gasteiger partial charge in [0.15, 0.2) is 0 Å². The first-order valence-corrected chi connectivity index (χ1v) is 6.06. The van der Waals surface area contributed by atoms with Gasteiger partial charge in [-0.15, -0.1) is 0 Å². The van der Waals surface area contributed by atoms with Gasteiger partial charge in [-0.2, -0.15) is 0 Å². The van der Waals surface area contributed by atoms with E-state index in [9.17, 15) is 9.59 Å². The molecule has 0 aromatic rings. The second-order valence-corrected chi connectivity index (χ2v) is 4.53. The van der Waals surface area contributed by atoms with Crippen LogP contribution in [0.2, 0.25) is 0 Å². The van der Waals surface area contributed by atoms with E-state index in [0.29, 0.717) is 25.4 Å². The smallest absolute Gasteiger partial charge is 0.242 e. The molecule has 2 fully saturated rings. The average Bonchev–Trinajstić information content (AvgIpc) is 2.89. The van der Waals surface area contributed by atoms with Crippen molar-refractivity contribution in [2.24, 2.45) is 0 Å². The second kappa shape index (κ2) is 5.30. The molecule has 5 nitrogen and oxygen atoms in total. The Morgan fingerprint density at radius 2 is 2.31 bits per heavy atom. The monoisotopic (exact) mass is 225 g/mol. The number of hydrogen-bond donors (Lipinski definition) is 3. The van der Waals surface area contributed by atoms with Gasteiger partial charge in [0.2, 0.25) is 11.8 Å². The molecule has 2 amide bonds. The van der Waals surface area contributed by atoms with Gasteiger partial charge in [0.05, 0.1) is 0 Å². The highest BCUT2D eigenvalue weighted by atomic mass is 16.2. The highest BCUT2D eigenvalue weighted by Crippen LogP contribution is 2.08. The van der Waals surface area contributed by atoms with Crippen molar-refractivity contribution in [2.75, 3.05) is 13.1 Å². The van der Waals surface area contributed by atoms with E-state index < -0.39 is 0 Å². The van der Waals surface area contributed by atoms with E-state index in [1.807, 2.05) is 0 Å². The van der Waals surface area contributed by atoms with E-state index in [4.69, 9.17) is 0 Å². The third kappa shape index (κ3) is 2.95. The normalized spacial score (nSPS) is 29.1. The maximum absolute atomic E-state index is 11.6. The second-order valence-electron chi connectivity index (χ2n) is 4.53. The Balaban J connectivity index is 1.61. The highest BCUT2D eigenvalue weighted by molar-refractivity contribution is 5.90. The molecule has 0 radical (unpaired) electrons. The van der Waals surface area contributed by atoms with Crippen molar-refractivity contribution in [1.82, 2.24) is 16.0 Å². The molecule has 2 aliphatic heterocycles. The van der Waals surface area contributed by atoms with Crippen LogP contribution in [0.15, 0.2) is 0 Å². The van der Waals surface area contributed by atoms with Crippen LogP contribution in [0.3, 0.4) is 0 Å². The average molecular weight is 225 g/mol. The minimum atomic E-state index is -0.302. The molecule has 0 aliphatic carbocycles. The van der Waals surface area contributed by atoms with Crippen LogP contribution >= 0.6 is 0 Å². The van der Waals surface area contributed by atoms with E-state index in [2.05, 4.69) is 16.0 Å². The number of carbonyl (C=O) groups excluding carboxylic acids is 2. The topological polar surface area (TPSA) is 70.2 Å². The molecule has 0 aromatic heterocycles. The molecule has 16 heavy (non-hydrogen) atoms. The summed E-state index contributed by atoms with van der Waals surface area (Å²) in [5.74, 6) is -0.0542. The Hall–Kier alpha value is -1.10. The van der Waals surface area contributed by atoms with E-state index >= 15 is 0 Å². The molecule has 3 N–H and O–H groups in total. The molecule has 5 heteroatoms. The lowest BCUT2D eigenvalue weighted by Crippen LogP contribution is -2.42. The van der Waals surface area contributed by atoms with Crippen molar-refractivity contribution in [3.8, 4) is 0 Å². The fourth-order valence-corrected chi connectivity index (χ4v) is 2.31. The maximum Gasteiger partial charge on any atom is 0.242 e. The predicted octanol–water partition coefficient (Wildman–Crippen LogP) is -0.477. The quantitative estimate of drug-likeness (QED) is 0.605. The van der Waals surface area contributed by atoms with Gasteiger partial charge in [-0.05, 0) is 32.2 Å². The first-order valence-electron chi connectivity index (χ1n) is 6.06. The molecule has 2 aliphatic rings. The van der Waals surface area contributed by atoms with Gasteiger partial charge < -0.3 is 16.0 Å². The van der Waals surface area contributed by atoms with E-state index in [1.54, 1.807) is 0 Å². The number of amides is 2. The molecule has 0 unspecified atom stereocenters. The summed E-state index contributed by atoms with van der Waals surface area (Å²) in [6.45, 7) is 1.79. The molecular weight excluding hydrogens is 206 g/mol. The van der Waals surface area contributed by atoms with E-state index in [-0.39, 0.29) is 17.9 Å². The Bertz CT molecular complexity index is 274. The summed E-state index contributed by atoms with van der Waals surface area (Å²) in [6.07, 6.45) is 4.52. The maximum atomic E-state index is 11.6. The van der Waals surface area contributed by atoms with Crippen molar-refractivity contribution >= 4 is 11.8 Å². The fourth-order valence-electron chi connectivity index (χ4n) is 2.31. The van der Waals surface area contributed by atoms with Crippen molar-refractivity contribution in [3.63, 3.8) is 0 Å². The van der Waals surface area contributed by atoms with Crippen LogP contribution in [0.1, 0.15) is 32.1 Å². The van der Waals surface area contributed by atoms with Crippen molar-refractivity contribution < 1.29 is 9.59 Å². The van der Waals surface area contributed by atoms with Crippen LogP contribution in [-0.4, -0.2) is 37.0 Å². The number of rotatable bonds is 4. The molecule has 2 atom stereocenters. The molecule has 2 heterocycles. The van der Waals surface area contributed by atoms with Gasteiger partial charge in [0.25, 0.3) is 0 Å². The van der Waals surface area contributed by atoms with Crippen LogP contribution in [0.5, 0.6) is 0 Å². The minimum Gasteiger partial charge on any atom is -0.354 e. The first kappa shape index (κ1) is 11.4. The third-order valence-electron chi connectivity index (χ3n) is 3.27. The van der Waals surface area contributed by atoms with Crippen LogP contribution in [-0.2, 0) is 9.59 Å². The summed E-state index contributed by atoms with van der Waals surface area (Å²) in [5, 5.41) is 8.93. The lowest BCUT2D eigenvalue weighted by atomic mass is 10.1. The molecule has 0 spiro atoms. The van der Waals surface area contributed by atoms with Crippen molar-refractivity contribution in [2.45, 2.75) is 44.2 Å². The van der Waals surface area contributed by atoms with Crippen LogP contribution in [0.4, 0.5) is 0 Å². The largest absolute Gasteiger partial charge is 0.354 e. The first-order chi connectivity index (χ1) is 7.75. The summed E-state index contributed by atoms with van der Waals surface area (Å²) in [6, 6.07) is 0.252. The zero-order valence-corrected chi connectivity index (χ0v) is 9.42. The number of carbonyl (C=O) groups is 2. The van der Waals surface area contributed by atoms with Gasteiger partial charge in [-0.1, -0.05) is 0 Å².